The molecule has 0 bridgehead atoms. The first-order chi connectivity index (χ1) is 12.7. The Hall–Kier alpha value is -2.53. The van der Waals surface area contributed by atoms with Gasteiger partial charge in [-0.3, -0.25) is 9.69 Å². The molecule has 2 aromatic heterocycles. The van der Waals surface area contributed by atoms with Gasteiger partial charge in [-0.1, -0.05) is 18.2 Å². The van der Waals surface area contributed by atoms with E-state index in [0.29, 0.717) is 6.42 Å². The van der Waals surface area contributed by atoms with Crippen molar-refractivity contribution in [3.05, 3.63) is 59.7 Å². The standard InChI is InChI=1S/C21H25N3O2/c1-16-7-8-18(26-16)15-23-9-4-10-24(12-11-23)21(25)13-17-14-22-20-6-3-2-5-19(17)20/h2-3,5-8,14,22H,4,9-13,15H2,1H3. The summed E-state index contributed by atoms with van der Waals surface area (Å²) in [5.41, 5.74) is 2.17. The third-order valence-electron chi connectivity index (χ3n) is 5.13. The van der Waals surface area contributed by atoms with Crippen molar-refractivity contribution in [2.24, 2.45) is 0 Å². The van der Waals surface area contributed by atoms with Crippen LogP contribution in [-0.2, 0) is 17.8 Å². The number of para-hydroxylation sites is 1. The van der Waals surface area contributed by atoms with Gasteiger partial charge in [0, 0.05) is 43.3 Å². The molecule has 0 spiro atoms. The summed E-state index contributed by atoms with van der Waals surface area (Å²) in [4.78, 5) is 20.4. The molecule has 0 unspecified atom stereocenters. The molecule has 1 fully saturated rings. The van der Waals surface area contributed by atoms with Crippen molar-refractivity contribution >= 4 is 16.8 Å². The predicted molar refractivity (Wildman–Crippen MR) is 102 cm³/mol. The predicted octanol–water partition coefficient (Wildman–Crippen LogP) is 3.35. The zero-order chi connectivity index (χ0) is 17.9. The molecule has 0 aliphatic carbocycles. The minimum absolute atomic E-state index is 0.213. The fraction of sp³-hybridized carbons (Fsp3) is 0.381. The average molecular weight is 351 g/mol. The van der Waals surface area contributed by atoms with E-state index in [0.717, 1.165) is 67.1 Å². The Bertz CT molecular complexity index is 895. The Kier molecular flexibility index (Phi) is 4.80. The van der Waals surface area contributed by atoms with Gasteiger partial charge in [0.25, 0.3) is 0 Å². The van der Waals surface area contributed by atoms with Crippen molar-refractivity contribution in [1.82, 2.24) is 14.8 Å². The van der Waals surface area contributed by atoms with Crippen LogP contribution in [0.3, 0.4) is 0 Å². The van der Waals surface area contributed by atoms with Crippen molar-refractivity contribution in [3.63, 3.8) is 0 Å². The molecule has 1 aliphatic rings. The number of nitrogens with zero attached hydrogens (tertiary/aromatic N) is 2. The lowest BCUT2D eigenvalue weighted by Gasteiger charge is -2.21. The van der Waals surface area contributed by atoms with Crippen molar-refractivity contribution in [2.75, 3.05) is 26.2 Å². The van der Waals surface area contributed by atoms with Crippen molar-refractivity contribution in [3.8, 4) is 0 Å². The molecule has 4 rings (SSSR count). The molecule has 0 atom stereocenters. The number of benzene rings is 1. The Labute approximate surface area is 153 Å². The quantitative estimate of drug-likeness (QED) is 0.784. The summed E-state index contributed by atoms with van der Waals surface area (Å²) in [5, 5.41) is 1.14. The second kappa shape index (κ2) is 7.38. The lowest BCUT2D eigenvalue weighted by Crippen LogP contribution is -2.36. The van der Waals surface area contributed by atoms with Crippen LogP contribution in [0.5, 0.6) is 0 Å². The van der Waals surface area contributed by atoms with Gasteiger partial charge < -0.3 is 14.3 Å². The first kappa shape index (κ1) is 16.9. The summed E-state index contributed by atoms with van der Waals surface area (Å²) in [5.74, 6) is 2.16. The number of aromatic amines is 1. The van der Waals surface area contributed by atoms with Crippen LogP contribution in [0.2, 0.25) is 0 Å². The molecule has 1 saturated heterocycles. The normalized spacial score (nSPS) is 16.1. The van der Waals surface area contributed by atoms with E-state index in [-0.39, 0.29) is 5.91 Å². The summed E-state index contributed by atoms with van der Waals surface area (Å²) >= 11 is 0. The fourth-order valence-corrected chi connectivity index (χ4v) is 3.72. The van der Waals surface area contributed by atoms with Crippen molar-refractivity contribution < 1.29 is 9.21 Å². The molecule has 1 aromatic carbocycles. The van der Waals surface area contributed by atoms with Gasteiger partial charge in [0.2, 0.25) is 5.91 Å². The Morgan fingerprint density at radius 2 is 2.00 bits per heavy atom. The van der Waals surface area contributed by atoms with E-state index in [9.17, 15) is 4.79 Å². The number of hydrogen-bond donors (Lipinski definition) is 1. The van der Waals surface area contributed by atoms with Crippen LogP contribution in [-0.4, -0.2) is 46.9 Å². The van der Waals surface area contributed by atoms with Gasteiger partial charge in [0.15, 0.2) is 0 Å². The monoisotopic (exact) mass is 351 g/mol. The van der Waals surface area contributed by atoms with Gasteiger partial charge in [-0.15, -0.1) is 0 Å². The molecule has 136 valence electrons. The highest BCUT2D eigenvalue weighted by atomic mass is 16.3. The molecule has 3 heterocycles. The molecule has 0 saturated carbocycles. The Balaban J connectivity index is 1.36. The number of carbonyl (C=O) groups excluding carboxylic acids is 1. The average Bonchev–Trinajstić information content (AvgIpc) is 3.15. The molecule has 5 heteroatoms. The van der Waals surface area contributed by atoms with Crippen molar-refractivity contribution in [1.29, 1.82) is 0 Å². The Morgan fingerprint density at radius 3 is 2.85 bits per heavy atom. The third kappa shape index (κ3) is 3.68. The summed E-state index contributed by atoms with van der Waals surface area (Å²) in [6.07, 6.45) is 3.42. The summed E-state index contributed by atoms with van der Waals surface area (Å²) < 4.78 is 5.69. The second-order valence-corrected chi connectivity index (χ2v) is 7.06. The summed E-state index contributed by atoms with van der Waals surface area (Å²) in [6.45, 7) is 6.28. The minimum atomic E-state index is 0.213. The zero-order valence-electron chi connectivity index (χ0n) is 15.2. The topological polar surface area (TPSA) is 52.5 Å². The van der Waals surface area contributed by atoms with Crippen LogP contribution in [0.25, 0.3) is 10.9 Å². The molecule has 5 nitrogen and oxygen atoms in total. The van der Waals surface area contributed by atoms with Crippen LogP contribution < -0.4 is 0 Å². The van der Waals surface area contributed by atoms with Crippen LogP contribution >= 0.6 is 0 Å². The van der Waals surface area contributed by atoms with Gasteiger partial charge in [0.1, 0.15) is 11.5 Å². The van der Waals surface area contributed by atoms with Gasteiger partial charge in [-0.05, 0) is 37.1 Å². The lowest BCUT2D eigenvalue weighted by atomic mass is 10.1. The van der Waals surface area contributed by atoms with E-state index in [4.69, 9.17) is 4.42 Å². The number of aromatic nitrogens is 1. The summed E-state index contributed by atoms with van der Waals surface area (Å²) in [7, 11) is 0. The molecular weight excluding hydrogens is 326 g/mol. The Morgan fingerprint density at radius 1 is 1.12 bits per heavy atom. The van der Waals surface area contributed by atoms with Crippen molar-refractivity contribution in [2.45, 2.75) is 26.3 Å². The smallest absolute Gasteiger partial charge is 0.227 e. The van der Waals surface area contributed by atoms with E-state index in [1.807, 2.05) is 48.4 Å². The number of furan rings is 1. The number of aryl methyl sites for hydroxylation is 1. The van der Waals surface area contributed by atoms with Crippen LogP contribution in [0.1, 0.15) is 23.5 Å². The van der Waals surface area contributed by atoms with E-state index >= 15 is 0 Å². The number of nitrogens with one attached hydrogen (secondary N) is 1. The van der Waals surface area contributed by atoms with E-state index in [1.54, 1.807) is 0 Å². The molecular formula is C21H25N3O2. The molecule has 1 aliphatic heterocycles. The molecule has 1 N–H and O–H groups in total. The van der Waals surface area contributed by atoms with Crippen LogP contribution in [0.15, 0.2) is 47.0 Å². The minimum Gasteiger partial charge on any atom is -0.465 e. The zero-order valence-corrected chi connectivity index (χ0v) is 15.2. The number of hydrogen-bond acceptors (Lipinski definition) is 3. The number of fused-ring (bicyclic) bond motifs is 1. The maximum absolute atomic E-state index is 12.8. The number of amides is 1. The van der Waals surface area contributed by atoms with E-state index in [2.05, 4.69) is 16.0 Å². The van der Waals surface area contributed by atoms with Crippen LogP contribution in [0, 0.1) is 6.92 Å². The van der Waals surface area contributed by atoms with Gasteiger partial charge >= 0.3 is 0 Å². The maximum Gasteiger partial charge on any atom is 0.227 e. The highest BCUT2D eigenvalue weighted by molar-refractivity contribution is 5.88. The largest absolute Gasteiger partial charge is 0.465 e. The number of rotatable bonds is 4. The molecule has 26 heavy (non-hydrogen) atoms. The highest BCUT2D eigenvalue weighted by Gasteiger charge is 2.20. The fourth-order valence-electron chi connectivity index (χ4n) is 3.72. The summed E-state index contributed by atoms with van der Waals surface area (Å²) in [6, 6.07) is 12.2. The molecule has 1 amide bonds. The van der Waals surface area contributed by atoms with Crippen LogP contribution in [0.4, 0.5) is 0 Å². The van der Waals surface area contributed by atoms with E-state index < -0.39 is 0 Å². The van der Waals surface area contributed by atoms with Gasteiger partial charge in [-0.2, -0.15) is 0 Å². The lowest BCUT2D eigenvalue weighted by molar-refractivity contribution is -0.130. The number of H-pyrrole nitrogens is 1. The molecule has 3 aromatic rings. The van der Waals surface area contributed by atoms with Gasteiger partial charge in [0.05, 0.1) is 13.0 Å². The maximum atomic E-state index is 12.8. The number of carbonyl (C=O) groups is 1. The highest BCUT2D eigenvalue weighted by Crippen LogP contribution is 2.19. The van der Waals surface area contributed by atoms with Gasteiger partial charge in [-0.25, -0.2) is 0 Å². The first-order valence-electron chi connectivity index (χ1n) is 9.29. The SMILES string of the molecule is Cc1ccc(CN2CCCN(C(=O)Cc3c[nH]c4ccccc34)CC2)o1. The van der Waals surface area contributed by atoms with E-state index in [1.165, 1.54) is 0 Å². The second-order valence-electron chi connectivity index (χ2n) is 7.06. The molecule has 0 radical (unpaired) electrons. The third-order valence-corrected chi connectivity index (χ3v) is 5.13. The first-order valence-corrected chi connectivity index (χ1v) is 9.29.